The highest BCUT2D eigenvalue weighted by atomic mass is 35.5. The van der Waals surface area contributed by atoms with E-state index in [1.165, 1.54) is 11.2 Å². The number of hydrogen-bond acceptors (Lipinski definition) is 4. The lowest BCUT2D eigenvalue weighted by Gasteiger charge is -2.11. The molecule has 0 saturated heterocycles. The summed E-state index contributed by atoms with van der Waals surface area (Å²) in [6, 6.07) is 7.75. The number of guanidine groups is 1. The van der Waals surface area contributed by atoms with E-state index >= 15 is 0 Å². The van der Waals surface area contributed by atoms with Crippen molar-refractivity contribution in [2.75, 3.05) is 37.4 Å². The molecule has 1 aromatic carbocycles. The molecule has 0 fully saturated rings. The first kappa shape index (κ1) is 20.1. The number of halogens is 1. The van der Waals surface area contributed by atoms with Gasteiger partial charge in [-0.3, -0.25) is 4.99 Å². The number of hydrogen-bond donors (Lipinski definition) is 2. The molecule has 0 heterocycles. The van der Waals surface area contributed by atoms with Crippen molar-refractivity contribution in [3.8, 4) is 0 Å². The number of thioether (sulfide) groups is 1. The first-order valence-electron chi connectivity index (χ1n) is 7.49. The summed E-state index contributed by atoms with van der Waals surface area (Å²) < 4.78 is 22.2. The highest BCUT2D eigenvalue weighted by molar-refractivity contribution is 7.99. The molecule has 0 unspecified atom stereocenters. The average Bonchev–Trinajstić information content (AvgIpc) is 2.48. The summed E-state index contributed by atoms with van der Waals surface area (Å²) in [4.78, 5) is 5.55. The molecule has 1 aromatic rings. The minimum Gasteiger partial charge on any atom is -0.357 e. The van der Waals surface area contributed by atoms with Crippen molar-refractivity contribution in [1.82, 2.24) is 10.6 Å². The maximum atomic E-state index is 11.1. The van der Waals surface area contributed by atoms with E-state index in [2.05, 4.69) is 15.6 Å². The summed E-state index contributed by atoms with van der Waals surface area (Å²) in [6.45, 7) is 4.02. The SMILES string of the molecule is CCNC(=NCCCS(C)(=O)=O)NCCSc1ccc(Cl)cc1. The largest absolute Gasteiger partial charge is 0.357 e. The molecule has 0 aromatic heterocycles. The molecule has 0 spiro atoms. The molecule has 0 bridgehead atoms. The van der Waals surface area contributed by atoms with Gasteiger partial charge in [0.2, 0.25) is 0 Å². The van der Waals surface area contributed by atoms with Gasteiger partial charge in [0, 0.05) is 41.6 Å². The van der Waals surface area contributed by atoms with E-state index in [0.717, 1.165) is 29.8 Å². The quantitative estimate of drug-likeness (QED) is 0.299. The minimum atomic E-state index is -2.91. The summed E-state index contributed by atoms with van der Waals surface area (Å²) in [5.74, 6) is 1.79. The van der Waals surface area contributed by atoms with E-state index in [0.29, 0.717) is 13.0 Å². The van der Waals surface area contributed by atoms with Crippen molar-refractivity contribution in [2.45, 2.75) is 18.2 Å². The van der Waals surface area contributed by atoms with Gasteiger partial charge in [0.25, 0.3) is 0 Å². The molecule has 23 heavy (non-hydrogen) atoms. The van der Waals surface area contributed by atoms with Gasteiger partial charge in [-0.2, -0.15) is 0 Å². The summed E-state index contributed by atoms with van der Waals surface area (Å²) >= 11 is 7.59. The minimum absolute atomic E-state index is 0.169. The summed E-state index contributed by atoms with van der Waals surface area (Å²) in [5.41, 5.74) is 0. The lowest BCUT2D eigenvalue weighted by Crippen LogP contribution is -2.38. The van der Waals surface area contributed by atoms with Gasteiger partial charge < -0.3 is 10.6 Å². The molecule has 5 nitrogen and oxygen atoms in total. The van der Waals surface area contributed by atoms with Gasteiger partial charge in [-0.15, -0.1) is 11.8 Å². The van der Waals surface area contributed by atoms with Gasteiger partial charge in [0.15, 0.2) is 5.96 Å². The Morgan fingerprint density at radius 1 is 1.26 bits per heavy atom. The summed E-state index contributed by atoms with van der Waals surface area (Å²) in [6.07, 6.45) is 1.78. The Labute approximate surface area is 148 Å². The third-order valence-corrected chi connectivity index (χ3v) is 5.06. The molecule has 0 saturated carbocycles. The van der Waals surface area contributed by atoms with Crippen molar-refractivity contribution < 1.29 is 8.42 Å². The molecule has 0 aliphatic carbocycles. The second-order valence-electron chi connectivity index (χ2n) is 4.97. The fourth-order valence-electron chi connectivity index (χ4n) is 1.73. The fourth-order valence-corrected chi connectivity index (χ4v) is 3.28. The van der Waals surface area contributed by atoms with Gasteiger partial charge in [0.1, 0.15) is 9.84 Å². The fraction of sp³-hybridized carbons (Fsp3) is 0.533. The normalized spacial score (nSPS) is 12.2. The average molecular weight is 378 g/mol. The highest BCUT2D eigenvalue weighted by Crippen LogP contribution is 2.19. The van der Waals surface area contributed by atoms with Crippen LogP contribution < -0.4 is 10.6 Å². The van der Waals surface area contributed by atoms with Crippen LogP contribution in [-0.4, -0.2) is 51.8 Å². The standard InChI is InChI=1S/C15H24ClN3O2S2/c1-3-17-15(18-9-4-12-23(2,20)21)19-10-11-22-14-7-5-13(16)6-8-14/h5-8H,3-4,9-12H2,1-2H3,(H2,17,18,19). The molecule has 0 amide bonds. The molecule has 1 rings (SSSR count). The van der Waals surface area contributed by atoms with Crippen molar-refractivity contribution in [3.05, 3.63) is 29.3 Å². The van der Waals surface area contributed by atoms with Crippen molar-refractivity contribution >= 4 is 39.2 Å². The van der Waals surface area contributed by atoms with Crippen LogP contribution in [0.2, 0.25) is 5.02 Å². The monoisotopic (exact) mass is 377 g/mol. The van der Waals surface area contributed by atoms with Gasteiger partial charge in [-0.1, -0.05) is 11.6 Å². The number of sulfone groups is 1. The second-order valence-corrected chi connectivity index (χ2v) is 8.84. The molecule has 0 radical (unpaired) electrons. The molecule has 8 heteroatoms. The van der Waals surface area contributed by atoms with Crippen LogP contribution in [0.4, 0.5) is 0 Å². The first-order chi connectivity index (χ1) is 10.9. The van der Waals surface area contributed by atoms with Crippen LogP contribution in [0, 0.1) is 0 Å². The van der Waals surface area contributed by atoms with Crippen LogP contribution in [-0.2, 0) is 9.84 Å². The number of aliphatic imine (C=N–C) groups is 1. The molecule has 2 N–H and O–H groups in total. The van der Waals surface area contributed by atoms with Gasteiger partial charge in [-0.25, -0.2) is 8.42 Å². The third-order valence-electron chi connectivity index (χ3n) is 2.76. The van der Waals surface area contributed by atoms with Gasteiger partial charge in [0.05, 0.1) is 5.75 Å². The first-order valence-corrected chi connectivity index (χ1v) is 10.9. The van der Waals surface area contributed by atoms with E-state index in [-0.39, 0.29) is 5.75 Å². The zero-order valence-corrected chi connectivity index (χ0v) is 15.9. The van der Waals surface area contributed by atoms with Gasteiger partial charge in [-0.05, 0) is 37.6 Å². The van der Waals surface area contributed by atoms with Crippen LogP contribution in [0.1, 0.15) is 13.3 Å². The zero-order valence-electron chi connectivity index (χ0n) is 13.5. The number of nitrogens with one attached hydrogen (secondary N) is 2. The van der Waals surface area contributed by atoms with E-state index < -0.39 is 9.84 Å². The van der Waals surface area contributed by atoms with Crippen molar-refractivity contribution in [2.24, 2.45) is 4.99 Å². The Hall–Kier alpha value is -0.920. The second kappa shape index (κ2) is 10.8. The predicted octanol–water partition coefficient (Wildman–Crippen LogP) is 2.42. The Bertz CT molecular complexity index is 589. The number of nitrogens with zero attached hydrogens (tertiary/aromatic N) is 1. The van der Waals surface area contributed by atoms with Gasteiger partial charge >= 0.3 is 0 Å². The Morgan fingerprint density at radius 2 is 1.96 bits per heavy atom. The number of benzene rings is 1. The molecule has 0 atom stereocenters. The molecular formula is C15H24ClN3O2S2. The molecular weight excluding hydrogens is 354 g/mol. The van der Waals surface area contributed by atoms with Crippen LogP contribution in [0.3, 0.4) is 0 Å². The third kappa shape index (κ3) is 10.5. The Balaban J connectivity index is 2.30. The van der Waals surface area contributed by atoms with Crippen LogP contribution >= 0.6 is 23.4 Å². The molecule has 130 valence electrons. The van der Waals surface area contributed by atoms with Crippen LogP contribution in [0.5, 0.6) is 0 Å². The lowest BCUT2D eigenvalue weighted by molar-refractivity contribution is 0.599. The van der Waals surface area contributed by atoms with Crippen molar-refractivity contribution in [3.63, 3.8) is 0 Å². The maximum absolute atomic E-state index is 11.1. The number of rotatable bonds is 9. The summed E-state index contributed by atoms with van der Waals surface area (Å²) in [7, 11) is -2.91. The Kier molecular flexibility index (Phi) is 9.43. The highest BCUT2D eigenvalue weighted by Gasteiger charge is 2.02. The van der Waals surface area contributed by atoms with Crippen LogP contribution in [0.25, 0.3) is 0 Å². The Morgan fingerprint density at radius 3 is 2.57 bits per heavy atom. The van der Waals surface area contributed by atoms with E-state index in [1.54, 1.807) is 11.8 Å². The van der Waals surface area contributed by atoms with Crippen molar-refractivity contribution in [1.29, 1.82) is 0 Å². The summed E-state index contributed by atoms with van der Waals surface area (Å²) in [5, 5.41) is 7.13. The predicted molar refractivity (Wildman–Crippen MR) is 100 cm³/mol. The maximum Gasteiger partial charge on any atom is 0.191 e. The molecule has 0 aliphatic heterocycles. The van der Waals surface area contributed by atoms with E-state index in [1.807, 2.05) is 31.2 Å². The van der Waals surface area contributed by atoms with E-state index in [4.69, 9.17) is 11.6 Å². The zero-order chi connectivity index (χ0) is 17.1. The molecule has 0 aliphatic rings. The van der Waals surface area contributed by atoms with Crippen LogP contribution in [0.15, 0.2) is 34.2 Å². The lowest BCUT2D eigenvalue weighted by atomic mass is 10.4. The van der Waals surface area contributed by atoms with E-state index in [9.17, 15) is 8.42 Å². The smallest absolute Gasteiger partial charge is 0.191 e. The topological polar surface area (TPSA) is 70.6 Å².